The minimum absolute atomic E-state index is 0.310. The molecule has 0 spiro atoms. The summed E-state index contributed by atoms with van der Waals surface area (Å²) in [5.41, 5.74) is 9.33. The van der Waals surface area contributed by atoms with E-state index in [0.717, 1.165) is 55.6 Å². The molecule has 0 bridgehead atoms. The van der Waals surface area contributed by atoms with E-state index in [9.17, 15) is 0 Å². The van der Waals surface area contributed by atoms with Gasteiger partial charge >= 0.3 is 0 Å². The molecule has 51 heavy (non-hydrogen) atoms. The molecule has 4 heteroatoms. The third-order valence-electron chi connectivity index (χ3n) is 9.92. The smallest absolute Gasteiger partial charge is 0.160 e. The van der Waals surface area contributed by atoms with Crippen LogP contribution in [0, 0.1) is 0 Å². The first-order valence-corrected chi connectivity index (χ1v) is 17.3. The maximum Gasteiger partial charge on any atom is 0.160 e. The Morgan fingerprint density at radius 3 is 1.84 bits per heavy atom. The zero-order valence-electron chi connectivity index (χ0n) is 27.6. The van der Waals surface area contributed by atoms with Gasteiger partial charge in [-0.15, -0.1) is 0 Å². The van der Waals surface area contributed by atoms with E-state index in [1.165, 1.54) is 32.7 Å². The normalized spacial score (nSPS) is 14.5. The number of furan rings is 1. The highest BCUT2D eigenvalue weighted by Gasteiger charge is 2.24. The SMILES string of the molecule is c1ccc(C2=NC(c3cccc4oc5cc(-c6ccc(-c7ccc8ccccc8c7)cc6)ccc5c34)=NC(c3ccc4ccccc4c3)N2)cc1. The topological polar surface area (TPSA) is 49.9 Å². The first-order valence-electron chi connectivity index (χ1n) is 17.3. The van der Waals surface area contributed by atoms with Gasteiger partial charge < -0.3 is 9.73 Å². The first-order chi connectivity index (χ1) is 25.2. The van der Waals surface area contributed by atoms with Crippen LogP contribution in [-0.4, -0.2) is 11.7 Å². The molecule has 10 rings (SSSR count). The van der Waals surface area contributed by atoms with Crippen molar-refractivity contribution in [1.29, 1.82) is 0 Å². The van der Waals surface area contributed by atoms with Crippen molar-refractivity contribution in [1.82, 2.24) is 5.32 Å². The zero-order valence-corrected chi connectivity index (χ0v) is 27.6. The van der Waals surface area contributed by atoms with Crippen LogP contribution in [0.25, 0.3) is 65.7 Å². The molecule has 1 aliphatic rings. The van der Waals surface area contributed by atoms with Crippen LogP contribution in [0.15, 0.2) is 190 Å². The third kappa shape index (κ3) is 5.25. The van der Waals surface area contributed by atoms with Gasteiger partial charge in [0.05, 0.1) is 0 Å². The number of benzene rings is 8. The lowest BCUT2D eigenvalue weighted by atomic mass is 9.97. The molecule has 0 saturated carbocycles. The van der Waals surface area contributed by atoms with E-state index < -0.39 is 0 Å². The predicted molar refractivity (Wildman–Crippen MR) is 211 cm³/mol. The van der Waals surface area contributed by atoms with Gasteiger partial charge in [-0.1, -0.05) is 146 Å². The summed E-state index contributed by atoms with van der Waals surface area (Å²) in [7, 11) is 0. The Hall–Kier alpha value is -6.78. The lowest BCUT2D eigenvalue weighted by molar-refractivity contribution is 0.668. The van der Waals surface area contributed by atoms with E-state index in [4.69, 9.17) is 14.4 Å². The van der Waals surface area contributed by atoms with Crippen molar-refractivity contribution in [3.8, 4) is 22.3 Å². The largest absolute Gasteiger partial charge is 0.456 e. The summed E-state index contributed by atoms with van der Waals surface area (Å²) in [4.78, 5) is 10.4. The Bertz CT molecular complexity index is 2830. The van der Waals surface area contributed by atoms with Crippen molar-refractivity contribution in [2.24, 2.45) is 9.98 Å². The minimum atomic E-state index is -0.310. The van der Waals surface area contributed by atoms with E-state index in [0.29, 0.717) is 5.84 Å². The highest BCUT2D eigenvalue weighted by molar-refractivity contribution is 6.22. The third-order valence-corrected chi connectivity index (χ3v) is 9.92. The average Bonchev–Trinajstić information content (AvgIpc) is 3.59. The molecule has 9 aromatic rings. The number of rotatable bonds is 5. The minimum Gasteiger partial charge on any atom is -0.456 e. The van der Waals surface area contributed by atoms with Crippen LogP contribution in [0.5, 0.6) is 0 Å². The molecule has 0 aliphatic carbocycles. The molecule has 1 atom stereocenters. The highest BCUT2D eigenvalue weighted by atomic mass is 16.3. The first kappa shape index (κ1) is 29.2. The van der Waals surface area contributed by atoms with Crippen molar-refractivity contribution >= 4 is 55.2 Å². The van der Waals surface area contributed by atoms with Crippen molar-refractivity contribution < 1.29 is 4.42 Å². The summed E-state index contributed by atoms with van der Waals surface area (Å²) in [6, 6.07) is 61.7. The van der Waals surface area contributed by atoms with Gasteiger partial charge in [-0.25, -0.2) is 9.98 Å². The van der Waals surface area contributed by atoms with Crippen LogP contribution in [0.2, 0.25) is 0 Å². The van der Waals surface area contributed by atoms with Crippen LogP contribution in [0.1, 0.15) is 22.9 Å². The summed E-state index contributed by atoms with van der Waals surface area (Å²) in [6.45, 7) is 0. The Morgan fingerprint density at radius 2 is 1.08 bits per heavy atom. The molecule has 1 N–H and O–H groups in total. The molecule has 0 amide bonds. The Labute approximate surface area is 295 Å². The molecule has 2 heterocycles. The molecule has 0 radical (unpaired) electrons. The van der Waals surface area contributed by atoms with Crippen LogP contribution >= 0.6 is 0 Å². The number of hydrogen-bond acceptors (Lipinski definition) is 4. The van der Waals surface area contributed by atoms with Crippen molar-refractivity contribution in [2.45, 2.75) is 6.17 Å². The Kier molecular flexibility index (Phi) is 6.85. The fourth-order valence-electron chi connectivity index (χ4n) is 7.28. The lowest BCUT2D eigenvalue weighted by Gasteiger charge is -2.24. The van der Waals surface area contributed by atoms with Gasteiger partial charge in [-0.05, 0) is 79.7 Å². The molecule has 240 valence electrons. The second-order valence-electron chi connectivity index (χ2n) is 13.1. The number of nitrogens with one attached hydrogen (secondary N) is 1. The maximum absolute atomic E-state index is 6.53. The van der Waals surface area contributed by atoms with Gasteiger partial charge in [0.2, 0.25) is 0 Å². The molecule has 1 aromatic heterocycles. The molecule has 0 saturated heterocycles. The predicted octanol–water partition coefficient (Wildman–Crippen LogP) is 11.7. The highest BCUT2D eigenvalue weighted by Crippen LogP contribution is 2.36. The number of hydrogen-bond donors (Lipinski definition) is 1. The number of nitrogens with zero attached hydrogens (tertiary/aromatic N) is 2. The van der Waals surface area contributed by atoms with E-state index in [-0.39, 0.29) is 6.17 Å². The van der Waals surface area contributed by atoms with Crippen LogP contribution in [-0.2, 0) is 0 Å². The number of fused-ring (bicyclic) bond motifs is 5. The van der Waals surface area contributed by atoms with E-state index in [2.05, 4.69) is 151 Å². The van der Waals surface area contributed by atoms with Crippen LogP contribution in [0.3, 0.4) is 0 Å². The molecular formula is C47H31N3O. The molecule has 0 fully saturated rings. The van der Waals surface area contributed by atoms with Gasteiger partial charge in [0.1, 0.15) is 23.2 Å². The van der Waals surface area contributed by atoms with Gasteiger partial charge in [0.15, 0.2) is 5.84 Å². The van der Waals surface area contributed by atoms with Crippen molar-refractivity contribution in [3.63, 3.8) is 0 Å². The second kappa shape index (κ2) is 12.0. The maximum atomic E-state index is 6.53. The fraction of sp³-hybridized carbons (Fsp3) is 0.0213. The quantitative estimate of drug-likeness (QED) is 0.201. The summed E-state index contributed by atoms with van der Waals surface area (Å²) in [6.07, 6.45) is -0.310. The van der Waals surface area contributed by atoms with Gasteiger partial charge in [0, 0.05) is 21.9 Å². The van der Waals surface area contributed by atoms with Gasteiger partial charge in [-0.3, -0.25) is 0 Å². The van der Waals surface area contributed by atoms with Gasteiger partial charge in [-0.2, -0.15) is 0 Å². The lowest BCUT2D eigenvalue weighted by Crippen LogP contribution is -2.33. The summed E-state index contributed by atoms with van der Waals surface area (Å²) in [5.74, 6) is 1.46. The summed E-state index contributed by atoms with van der Waals surface area (Å²) >= 11 is 0. The molecular weight excluding hydrogens is 623 g/mol. The molecule has 8 aromatic carbocycles. The molecule has 1 unspecified atom stereocenters. The van der Waals surface area contributed by atoms with Crippen molar-refractivity contribution in [2.75, 3.05) is 0 Å². The molecule has 4 nitrogen and oxygen atoms in total. The fourth-order valence-corrected chi connectivity index (χ4v) is 7.28. The second-order valence-corrected chi connectivity index (χ2v) is 13.1. The number of amidine groups is 2. The Morgan fingerprint density at radius 1 is 0.451 bits per heavy atom. The average molecular weight is 654 g/mol. The molecule has 1 aliphatic heterocycles. The van der Waals surface area contributed by atoms with E-state index in [1.807, 2.05) is 30.3 Å². The van der Waals surface area contributed by atoms with E-state index in [1.54, 1.807) is 0 Å². The zero-order chi connectivity index (χ0) is 33.7. The Balaban J connectivity index is 1.04. The standard InChI is InChI=1S/C47H31N3O/c1-2-11-34(12-3-1)45-48-46(39-24-22-31-10-5-7-14-36(31)28-39)50-47(49-45)41-15-8-16-42-44(41)40-26-25-38(29-43(40)51-42)33-19-17-32(18-20-33)37-23-21-30-9-4-6-13-35(30)27-37/h1-29,46H,(H,48,49,50). The van der Waals surface area contributed by atoms with Crippen LogP contribution in [0.4, 0.5) is 0 Å². The van der Waals surface area contributed by atoms with E-state index >= 15 is 0 Å². The van der Waals surface area contributed by atoms with Crippen molar-refractivity contribution in [3.05, 3.63) is 193 Å². The van der Waals surface area contributed by atoms with Gasteiger partial charge in [0.25, 0.3) is 0 Å². The summed E-state index contributed by atoms with van der Waals surface area (Å²) in [5, 5.41) is 10.5. The van der Waals surface area contributed by atoms with Crippen LogP contribution < -0.4 is 5.32 Å². The summed E-state index contributed by atoms with van der Waals surface area (Å²) < 4.78 is 6.53. The monoisotopic (exact) mass is 653 g/mol. The number of aliphatic imine (C=N–C) groups is 2.